The third-order valence-electron chi connectivity index (χ3n) is 4.37. The highest BCUT2D eigenvalue weighted by Crippen LogP contribution is 2.32. The first-order valence-electron chi connectivity index (χ1n) is 7.02. The average Bonchev–Trinajstić information content (AvgIpc) is 2.69. The number of rotatable bonds is 2. The number of nitrogens with zero attached hydrogens (tertiary/aromatic N) is 2. The van der Waals surface area contributed by atoms with E-state index in [-0.39, 0.29) is 5.92 Å². The molecule has 17 heavy (non-hydrogen) atoms. The van der Waals surface area contributed by atoms with E-state index in [1.165, 1.54) is 19.5 Å². The van der Waals surface area contributed by atoms with E-state index in [2.05, 4.69) is 23.6 Å². The Morgan fingerprint density at radius 1 is 1.06 bits per heavy atom. The number of fused-ring (bicyclic) bond motifs is 1. The lowest BCUT2D eigenvalue weighted by Crippen LogP contribution is -2.43. The third kappa shape index (κ3) is 2.65. The Balaban J connectivity index is 1.94. The molecule has 0 saturated carbocycles. The molecular weight excluding hydrogens is 212 g/mol. The van der Waals surface area contributed by atoms with E-state index in [1.54, 1.807) is 0 Å². The highest BCUT2D eigenvalue weighted by molar-refractivity contribution is 5.78. The van der Waals surface area contributed by atoms with Gasteiger partial charge in [0.1, 0.15) is 0 Å². The molecule has 0 aromatic carbocycles. The predicted octanol–water partition coefficient (Wildman–Crippen LogP) is 1.83. The summed E-state index contributed by atoms with van der Waals surface area (Å²) in [7, 11) is 0. The van der Waals surface area contributed by atoms with Crippen LogP contribution in [0.15, 0.2) is 0 Å². The number of hydrogen-bond acceptors (Lipinski definition) is 2. The lowest BCUT2D eigenvalue weighted by molar-refractivity contribution is -0.133. The van der Waals surface area contributed by atoms with Crippen LogP contribution in [-0.2, 0) is 4.79 Å². The van der Waals surface area contributed by atoms with Crippen molar-refractivity contribution in [1.82, 2.24) is 9.80 Å². The average molecular weight is 238 g/mol. The maximum atomic E-state index is 12.0. The standard InChI is InChI=1S/C14H26N2O/c1-10(2)14(17)16-7-12-5-6-15(11(3)4)8-13(12)9-16/h10-13H,5-9H2,1-4H3. The van der Waals surface area contributed by atoms with E-state index >= 15 is 0 Å². The molecule has 0 bridgehead atoms. The summed E-state index contributed by atoms with van der Waals surface area (Å²) in [4.78, 5) is 16.7. The van der Waals surface area contributed by atoms with Gasteiger partial charge in [-0.25, -0.2) is 0 Å². The zero-order chi connectivity index (χ0) is 12.6. The second kappa shape index (κ2) is 4.97. The van der Waals surface area contributed by atoms with Crippen molar-refractivity contribution in [3.8, 4) is 0 Å². The molecule has 1 amide bonds. The summed E-state index contributed by atoms with van der Waals surface area (Å²) in [6.07, 6.45) is 1.27. The fourth-order valence-electron chi connectivity index (χ4n) is 3.21. The summed E-state index contributed by atoms with van der Waals surface area (Å²) in [5.74, 6) is 1.97. The Kier molecular flexibility index (Phi) is 3.76. The quantitative estimate of drug-likeness (QED) is 0.733. The second-order valence-corrected chi connectivity index (χ2v) is 6.30. The first kappa shape index (κ1) is 12.9. The van der Waals surface area contributed by atoms with Crippen molar-refractivity contribution in [3.05, 3.63) is 0 Å². The van der Waals surface area contributed by atoms with Crippen molar-refractivity contribution >= 4 is 5.91 Å². The minimum absolute atomic E-state index is 0.149. The van der Waals surface area contributed by atoms with Gasteiger partial charge in [-0.3, -0.25) is 4.79 Å². The molecule has 2 heterocycles. The van der Waals surface area contributed by atoms with E-state index in [1.807, 2.05) is 13.8 Å². The Morgan fingerprint density at radius 2 is 1.71 bits per heavy atom. The lowest BCUT2D eigenvalue weighted by atomic mass is 9.88. The number of likely N-dealkylation sites (tertiary alicyclic amines) is 2. The minimum atomic E-state index is 0.149. The molecule has 2 rings (SSSR count). The van der Waals surface area contributed by atoms with Crippen molar-refractivity contribution in [3.63, 3.8) is 0 Å². The van der Waals surface area contributed by atoms with Gasteiger partial charge >= 0.3 is 0 Å². The number of hydrogen-bond donors (Lipinski definition) is 0. The van der Waals surface area contributed by atoms with Crippen molar-refractivity contribution in [2.45, 2.75) is 40.2 Å². The molecule has 2 fully saturated rings. The highest BCUT2D eigenvalue weighted by Gasteiger charge is 2.39. The van der Waals surface area contributed by atoms with E-state index in [4.69, 9.17) is 0 Å². The van der Waals surface area contributed by atoms with Crippen LogP contribution in [-0.4, -0.2) is 47.9 Å². The van der Waals surface area contributed by atoms with Gasteiger partial charge in [-0.1, -0.05) is 13.8 Å². The molecule has 0 aromatic heterocycles. The number of carbonyl (C=O) groups is 1. The first-order valence-corrected chi connectivity index (χ1v) is 7.02. The monoisotopic (exact) mass is 238 g/mol. The molecule has 0 radical (unpaired) electrons. The molecule has 2 aliphatic heterocycles. The number of carbonyl (C=O) groups excluding carboxylic acids is 1. The largest absolute Gasteiger partial charge is 0.342 e. The normalized spacial score (nSPS) is 30.1. The Morgan fingerprint density at radius 3 is 2.29 bits per heavy atom. The molecule has 0 spiro atoms. The van der Waals surface area contributed by atoms with Crippen molar-refractivity contribution in [2.75, 3.05) is 26.2 Å². The van der Waals surface area contributed by atoms with Crippen LogP contribution in [0.25, 0.3) is 0 Å². The summed E-state index contributed by atoms with van der Waals surface area (Å²) in [5, 5.41) is 0. The molecule has 2 aliphatic rings. The second-order valence-electron chi connectivity index (χ2n) is 6.30. The van der Waals surface area contributed by atoms with Gasteiger partial charge in [0.2, 0.25) is 5.91 Å². The smallest absolute Gasteiger partial charge is 0.225 e. The van der Waals surface area contributed by atoms with Gasteiger partial charge in [-0.2, -0.15) is 0 Å². The molecule has 2 unspecified atom stereocenters. The SMILES string of the molecule is CC(C)C(=O)N1CC2CCN(C(C)C)CC2C1. The maximum Gasteiger partial charge on any atom is 0.225 e. The predicted molar refractivity (Wildman–Crippen MR) is 69.7 cm³/mol. The minimum Gasteiger partial charge on any atom is -0.342 e. The Bertz CT molecular complexity index is 288. The number of amides is 1. The van der Waals surface area contributed by atoms with Crippen LogP contribution in [0.4, 0.5) is 0 Å². The van der Waals surface area contributed by atoms with Gasteiger partial charge in [0.05, 0.1) is 0 Å². The first-order chi connectivity index (χ1) is 7.99. The van der Waals surface area contributed by atoms with Crippen molar-refractivity contribution < 1.29 is 4.79 Å². The topological polar surface area (TPSA) is 23.6 Å². The summed E-state index contributed by atoms with van der Waals surface area (Å²) >= 11 is 0. The van der Waals surface area contributed by atoms with E-state index < -0.39 is 0 Å². The molecule has 98 valence electrons. The zero-order valence-electron chi connectivity index (χ0n) is 11.6. The van der Waals surface area contributed by atoms with Gasteiger partial charge < -0.3 is 9.80 Å². The molecule has 2 saturated heterocycles. The third-order valence-corrected chi connectivity index (χ3v) is 4.37. The van der Waals surface area contributed by atoms with E-state index in [0.29, 0.717) is 17.9 Å². The Hall–Kier alpha value is -0.570. The summed E-state index contributed by atoms with van der Waals surface area (Å²) in [5.41, 5.74) is 0. The van der Waals surface area contributed by atoms with Gasteiger partial charge in [0, 0.05) is 31.6 Å². The molecular formula is C14H26N2O. The van der Waals surface area contributed by atoms with Crippen LogP contribution in [0.2, 0.25) is 0 Å². The number of piperidine rings is 1. The maximum absolute atomic E-state index is 12.0. The molecule has 3 nitrogen and oxygen atoms in total. The van der Waals surface area contributed by atoms with Crippen LogP contribution in [0.5, 0.6) is 0 Å². The van der Waals surface area contributed by atoms with Crippen LogP contribution in [0, 0.1) is 17.8 Å². The van der Waals surface area contributed by atoms with Crippen LogP contribution < -0.4 is 0 Å². The summed E-state index contributed by atoms with van der Waals surface area (Å²) < 4.78 is 0. The van der Waals surface area contributed by atoms with Gasteiger partial charge in [0.25, 0.3) is 0 Å². The van der Waals surface area contributed by atoms with Crippen molar-refractivity contribution in [1.29, 1.82) is 0 Å². The van der Waals surface area contributed by atoms with Crippen LogP contribution in [0.3, 0.4) is 0 Å². The molecule has 0 aliphatic carbocycles. The highest BCUT2D eigenvalue weighted by atomic mass is 16.2. The van der Waals surface area contributed by atoms with E-state index in [0.717, 1.165) is 19.0 Å². The van der Waals surface area contributed by atoms with Crippen molar-refractivity contribution in [2.24, 2.45) is 17.8 Å². The summed E-state index contributed by atoms with van der Waals surface area (Å²) in [6.45, 7) is 12.9. The Labute approximate surface area is 105 Å². The van der Waals surface area contributed by atoms with Gasteiger partial charge in [-0.05, 0) is 38.6 Å². The molecule has 0 N–H and O–H groups in total. The summed E-state index contributed by atoms with van der Waals surface area (Å²) in [6, 6.07) is 0.644. The zero-order valence-corrected chi connectivity index (χ0v) is 11.6. The van der Waals surface area contributed by atoms with Gasteiger partial charge in [0.15, 0.2) is 0 Å². The fraction of sp³-hybridized carbons (Fsp3) is 0.929. The fourth-order valence-corrected chi connectivity index (χ4v) is 3.21. The molecule has 0 aromatic rings. The lowest BCUT2D eigenvalue weighted by Gasteiger charge is -2.36. The van der Waals surface area contributed by atoms with Crippen LogP contribution in [0.1, 0.15) is 34.1 Å². The molecule has 2 atom stereocenters. The molecule has 3 heteroatoms. The van der Waals surface area contributed by atoms with E-state index in [9.17, 15) is 4.79 Å². The van der Waals surface area contributed by atoms with Crippen LogP contribution >= 0.6 is 0 Å². The van der Waals surface area contributed by atoms with Gasteiger partial charge in [-0.15, -0.1) is 0 Å².